The van der Waals surface area contributed by atoms with Crippen molar-refractivity contribution in [3.8, 4) is 17.2 Å². The predicted octanol–water partition coefficient (Wildman–Crippen LogP) is 4.03. The maximum Gasteiger partial charge on any atom is 0.254 e. The molecule has 4 rings (SSSR count). The number of nitrogens with zero attached hydrogens (tertiary/aromatic N) is 2. The zero-order chi connectivity index (χ0) is 24.1. The molecule has 0 aliphatic carbocycles. The van der Waals surface area contributed by atoms with Crippen LogP contribution in [0.4, 0.5) is 8.78 Å². The molecule has 1 aliphatic heterocycles. The van der Waals surface area contributed by atoms with Crippen molar-refractivity contribution in [1.29, 1.82) is 0 Å². The van der Waals surface area contributed by atoms with Crippen LogP contribution in [0, 0.1) is 11.6 Å². The van der Waals surface area contributed by atoms with E-state index in [1.54, 1.807) is 14.2 Å². The number of hydrogen-bond donors (Lipinski definition) is 2. The second kappa shape index (κ2) is 12.0. The summed E-state index contributed by atoms with van der Waals surface area (Å²) in [5, 5.41) is 10.6. The number of piperidine rings is 1. The molecule has 7 nitrogen and oxygen atoms in total. The molecular weight excluding hydrogens is 478 g/mol. The van der Waals surface area contributed by atoms with Gasteiger partial charge >= 0.3 is 0 Å². The first-order valence-electron chi connectivity index (χ1n) is 11.2. The van der Waals surface area contributed by atoms with Gasteiger partial charge in [0.25, 0.3) is 5.91 Å². The van der Waals surface area contributed by atoms with Gasteiger partial charge in [-0.05, 0) is 68.2 Å². The van der Waals surface area contributed by atoms with Crippen molar-refractivity contribution >= 4 is 18.3 Å². The quantitative estimate of drug-likeness (QED) is 0.482. The summed E-state index contributed by atoms with van der Waals surface area (Å²) in [6, 6.07) is 8.87. The minimum Gasteiger partial charge on any atom is -0.497 e. The number of hydrogen-bond acceptors (Lipinski definition) is 5. The van der Waals surface area contributed by atoms with Gasteiger partial charge in [-0.15, -0.1) is 12.4 Å². The topological polar surface area (TPSA) is 77.4 Å². The molecule has 10 heteroatoms. The lowest BCUT2D eigenvalue weighted by atomic mass is 9.91. The summed E-state index contributed by atoms with van der Waals surface area (Å²) < 4.78 is 40.2. The third kappa shape index (κ3) is 5.91. The van der Waals surface area contributed by atoms with E-state index in [4.69, 9.17) is 9.47 Å². The van der Waals surface area contributed by atoms with Crippen LogP contribution in [0.2, 0.25) is 0 Å². The maximum atomic E-state index is 14.6. The van der Waals surface area contributed by atoms with E-state index in [-0.39, 0.29) is 29.9 Å². The van der Waals surface area contributed by atoms with Gasteiger partial charge in [0.2, 0.25) is 0 Å². The summed E-state index contributed by atoms with van der Waals surface area (Å²) in [7, 11) is 3.19. The molecule has 1 saturated heterocycles. The van der Waals surface area contributed by atoms with Gasteiger partial charge in [-0.1, -0.05) is 0 Å². The van der Waals surface area contributed by atoms with Crippen LogP contribution in [-0.2, 0) is 6.42 Å². The first kappa shape index (κ1) is 26.4. The number of carbonyl (C=O) groups excluding carboxylic acids is 1. The number of benzene rings is 2. The van der Waals surface area contributed by atoms with Crippen molar-refractivity contribution in [2.24, 2.45) is 0 Å². The summed E-state index contributed by atoms with van der Waals surface area (Å²) >= 11 is 0. The zero-order valence-electron chi connectivity index (χ0n) is 19.6. The Kier molecular flexibility index (Phi) is 9.06. The molecule has 1 aromatic heterocycles. The van der Waals surface area contributed by atoms with Crippen LogP contribution in [0.25, 0.3) is 5.69 Å². The SMILES string of the molecule is COc1ccc(OC)c(CCNC(=O)c2cnn(-c3ccc(F)cc3F)c2C2CCNCC2)c1.Cl. The lowest BCUT2D eigenvalue weighted by Crippen LogP contribution is -2.31. The van der Waals surface area contributed by atoms with Gasteiger partial charge in [0.05, 0.1) is 31.7 Å². The number of halogens is 3. The van der Waals surface area contributed by atoms with E-state index in [0.717, 1.165) is 37.6 Å². The molecule has 3 aromatic rings. The second-order valence-corrected chi connectivity index (χ2v) is 8.16. The van der Waals surface area contributed by atoms with Crippen LogP contribution in [0.15, 0.2) is 42.6 Å². The number of methoxy groups -OCH3 is 2. The highest BCUT2D eigenvalue weighted by molar-refractivity contribution is 5.95. The van der Waals surface area contributed by atoms with E-state index < -0.39 is 11.6 Å². The van der Waals surface area contributed by atoms with Crippen molar-refractivity contribution in [2.75, 3.05) is 33.9 Å². The average Bonchev–Trinajstić information content (AvgIpc) is 3.29. The molecule has 2 aromatic carbocycles. The molecule has 1 amide bonds. The molecule has 2 heterocycles. The number of carbonyl (C=O) groups is 1. The van der Waals surface area contributed by atoms with E-state index in [2.05, 4.69) is 15.7 Å². The van der Waals surface area contributed by atoms with Crippen LogP contribution >= 0.6 is 12.4 Å². The van der Waals surface area contributed by atoms with Gasteiger partial charge in [-0.3, -0.25) is 4.79 Å². The Morgan fingerprint density at radius 1 is 1.14 bits per heavy atom. The summed E-state index contributed by atoms with van der Waals surface area (Å²) in [6.07, 6.45) is 3.57. The summed E-state index contributed by atoms with van der Waals surface area (Å²) in [5.74, 6) is -0.238. The molecule has 0 radical (unpaired) electrons. The number of nitrogens with one attached hydrogen (secondary N) is 2. The Bertz CT molecular complexity index is 1170. The molecule has 0 spiro atoms. The van der Waals surface area contributed by atoms with Gasteiger partial charge in [0.1, 0.15) is 23.0 Å². The molecule has 2 N–H and O–H groups in total. The van der Waals surface area contributed by atoms with Gasteiger partial charge in [-0.2, -0.15) is 5.10 Å². The van der Waals surface area contributed by atoms with Gasteiger partial charge in [-0.25, -0.2) is 13.5 Å². The smallest absolute Gasteiger partial charge is 0.254 e. The Balaban J connectivity index is 0.00000342. The third-order valence-corrected chi connectivity index (χ3v) is 6.08. The second-order valence-electron chi connectivity index (χ2n) is 8.16. The number of rotatable bonds is 8. The van der Waals surface area contributed by atoms with Crippen molar-refractivity contribution in [3.05, 3.63) is 71.1 Å². The van der Waals surface area contributed by atoms with Crippen LogP contribution in [-0.4, -0.2) is 49.5 Å². The molecule has 188 valence electrons. The first-order chi connectivity index (χ1) is 16.5. The Morgan fingerprint density at radius 3 is 2.60 bits per heavy atom. The largest absolute Gasteiger partial charge is 0.497 e. The molecule has 0 unspecified atom stereocenters. The first-order valence-corrected chi connectivity index (χ1v) is 11.2. The van der Waals surface area contributed by atoms with Crippen LogP contribution < -0.4 is 20.1 Å². The molecule has 35 heavy (non-hydrogen) atoms. The van der Waals surface area contributed by atoms with Crippen molar-refractivity contribution in [1.82, 2.24) is 20.4 Å². The highest BCUT2D eigenvalue weighted by Gasteiger charge is 2.28. The fourth-order valence-corrected chi connectivity index (χ4v) is 4.35. The molecular formula is C25H29ClF2N4O3. The number of aromatic nitrogens is 2. The third-order valence-electron chi connectivity index (χ3n) is 6.08. The molecule has 0 atom stereocenters. The zero-order valence-corrected chi connectivity index (χ0v) is 20.5. The van der Waals surface area contributed by atoms with Crippen LogP contribution in [0.5, 0.6) is 11.5 Å². The number of amides is 1. The van der Waals surface area contributed by atoms with Crippen molar-refractivity contribution in [2.45, 2.75) is 25.2 Å². The fourth-order valence-electron chi connectivity index (χ4n) is 4.35. The molecule has 1 fully saturated rings. The Hall–Kier alpha value is -3.17. The minimum atomic E-state index is -0.727. The summed E-state index contributed by atoms with van der Waals surface area (Å²) in [4.78, 5) is 13.2. The summed E-state index contributed by atoms with van der Waals surface area (Å²) in [6.45, 7) is 1.95. The lowest BCUT2D eigenvalue weighted by Gasteiger charge is -2.25. The fraction of sp³-hybridized carbons (Fsp3) is 0.360. The van der Waals surface area contributed by atoms with Gasteiger partial charge in [0.15, 0.2) is 5.82 Å². The monoisotopic (exact) mass is 506 g/mol. The Morgan fingerprint density at radius 2 is 1.91 bits per heavy atom. The van der Waals surface area contributed by atoms with E-state index in [0.29, 0.717) is 35.7 Å². The van der Waals surface area contributed by atoms with Crippen LogP contribution in [0.3, 0.4) is 0 Å². The van der Waals surface area contributed by atoms with E-state index in [9.17, 15) is 13.6 Å². The van der Waals surface area contributed by atoms with E-state index >= 15 is 0 Å². The molecule has 0 saturated carbocycles. The summed E-state index contributed by atoms with van der Waals surface area (Å²) in [5.41, 5.74) is 2.07. The van der Waals surface area contributed by atoms with Gasteiger partial charge in [0, 0.05) is 18.5 Å². The number of ether oxygens (including phenoxy) is 2. The van der Waals surface area contributed by atoms with Crippen molar-refractivity contribution in [3.63, 3.8) is 0 Å². The van der Waals surface area contributed by atoms with E-state index in [1.165, 1.54) is 23.0 Å². The van der Waals surface area contributed by atoms with E-state index in [1.807, 2.05) is 18.2 Å². The lowest BCUT2D eigenvalue weighted by molar-refractivity contribution is 0.0952. The highest BCUT2D eigenvalue weighted by atomic mass is 35.5. The normalized spacial score (nSPS) is 13.7. The van der Waals surface area contributed by atoms with Crippen molar-refractivity contribution < 1.29 is 23.0 Å². The molecule has 1 aliphatic rings. The highest BCUT2D eigenvalue weighted by Crippen LogP contribution is 2.31. The predicted molar refractivity (Wildman–Crippen MR) is 131 cm³/mol. The Labute approximate surface area is 209 Å². The standard InChI is InChI=1S/C25H28F2N4O3.ClH/c1-33-19-4-6-23(34-2)17(13-19)9-12-29-25(32)20-15-30-31(22-5-3-18(26)14-21(22)27)24(20)16-7-10-28-11-8-16;/h3-6,13-16,28H,7-12H2,1-2H3,(H,29,32);1H. The van der Waals surface area contributed by atoms with Gasteiger partial charge < -0.3 is 20.1 Å². The molecule has 0 bridgehead atoms. The minimum absolute atomic E-state index is 0. The maximum absolute atomic E-state index is 14.6. The average molecular weight is 507 g/mol. The van der Waals surface area contributed by atoms with Crippen LogP contribution in [0.1, 0.15) is 40.4 Å².